The largest absolute Gasteiger partial charge is 0.456 e. The van der Waals surface area contributed by atoms with Crippen LogP contribution in [0.4, 0.5) is 17.1 Å². The van der Waals surface area contributed by atoms with Gasteiger partial charge in [0.1, 0.15) is 22.7 Å². The van der Waals surface area contributed by atoms with E-state index in [1.54, 1.807) is 0 Å². The average molecular weight is 808 g/mol. The van der Waals surface area contributed by atoms with Crippen LogP contribution in [-0.4, -0.2) is 0 Å². The van der Waals surface area contributed by atoms with E-state index >= 15 is 0 Å². The van der Waals surface area contributed by atoms with Crippen LogP contribution in [0, 0.1) is 0 Å². The Hall–Kier alpha value is -7.92. The van der Waals surface area contributed by atoms with E-state index < -0.39 is 0 Å². The molecule has 288 valence electrons. The van der Waals surface area contributed by atoms with Gasteiger partial charge >= 0.3 is 0 Å². The van der Waals surface area contributed by atoms with Crippen LogP contribution in [-0.2, 0) is 0 Å². The Kier molecular flexibility index (Phi) is 6.99. The second kappa shape index (κ2) is 12.8. The van der Waals surface area contributed by atoms with Crippen LogP contribution in [0.25, 0.3) is 107 Å². The first-order valence-electron chi connectivity index (χ1n) is 21.1. The third-order valence-electron chi connectivity index (χ3n) is 13.0. The minimum absolute atomic E-state index is 0.854. The molecule has 0 radical (unpaired) electrons. The molecular formula is C58H33NO2S. The summed E-state index contributed by atoms with van der Waals surface area (Å²) < 4.78 is 16.0. The maximum absolute atomic E-state index is 6.95. The summed E-state index contributed by atoms with van der Waals surface area (Å²) in [5.74, 6) is 1.72. The average Bonchev–Trinajstić information content (AvgIpc) is 3.91. The molecule has 0 atom stereocenters. The van der Waals surface area contributed by atoms with Gasteiger partial charge < -0.3 is 14.1 Å². The zero-order valence-corrected chi connectivity index (χ0v) is 34.0. The highest BCUT2D eigenvalue weighted by molar-refractivity contribution is 7.25. The molecule has 3 nitrogen and oxygen atoms in total. The van der Waals surface area contributed by atoms with Gasteiger partial charge in [-0.2, -0.15) is 0 Å². The smallest absolute Gasteiger partial charge is 0.137 e. The Morgan fingerprint density at radius 3 is 1.81 bits per heavy atom. The topological polar surface area (TPSA) is 25.6 Å². The fourth-order valence-electron chi connectivity index (χ4n) is 10.3. The summed E-state index contributed by atoms with van der Waals surface area (Å²) in [7, 11) is 0. The summed E-state index contributed by atoms with van der Waals surface area (Å²) in [6.07, 6.45) is 0. The molecule has 13 aromatic rings. The standard InChI is InChI=1S/C58H33NO2S/c1-2-13-39-37(11-1)38-12-3-4-14-40(38)48-31-34(23-26-41(39)48)35-24-27-42-45-17-9-18-46-49(29-30-53(57(45)46)61-54(42)32-35)59(36-25-28-44-43-15-6-8-22-55(43)62-56(44)33-36)50-19-10-21-52-58(50)47-16-5-7-20-51(47)60-52/h1-33H. The zero-order valence-electron chi connectivity index (χ0n) is 33.2. The Balaban J connectivity index is 0.948. The monoisotopic (exact) mass is 807 g/mol. The van der Waals surface area contributed by atoms with Crippen LogP contribution in [0.2, 0.25) is 0 Å². The fourth-order valence-corrected chi connectivity index (χ4v) is 11.4. The molecule has 0 N–H and O–H groups in total. The molecule has 0 saturated carbocycles. The summed E-state index contributed by atoms with van der Waals surface area (Å²) in [5.41, 5.74) is 9.49. The van der Waals surface area contributed by atoms with Crippen LogP contribution < -0.4 is 9.64 Å². The van der Waals surface area contributed by atoms with Crippen molar-refractivity contribution in [3.63, 3.8) is 0 Å². The van der Waals surface area contributed by atoms with Crippen molar-refractivity contribution < 1.29 is 9.15 Å². The van der Waals surface area contributed by atoms with Crippen molar-refractivity contribution in [2.45, 2.75) is 0 Å². The maximum atomic E-state index is 6.95. The van der Waals surface area contributed by atoms with Gasteiger partial charge in [-0.3, -0.25) is 0 Å². The van der Waals surface area contributed by atoms with Gasteiger partial charge in [-0.1, -0.05) is 133 Å². The van der Waals surface area contributed by atoms with E-state index in [1.165, 1.54) is 52.5 Å². The molecule has 0 aliphatic carbocycles. The van der Waals surface area contributed by atoms with Crippen molar-refractivity contribution in [2.24, 2.45) is 0 Å². The first kappa shape index (κ1) is 33.9. The Labute approximate surface area is 359 Å². The number of thiophene rings is 1. The van der Waals surface area contributed by atoms with Gasteiger partial charge in [0.15, 0.2) is 0 Å². The number of hydrogen-bond donors (Lipinski definition) is 0. The third-order valence-corrected chi connectivity index (χ3v) is 14.2. The number of ether oxygens (including phenoxy) is 1. The lowest BCUT2D eigenvalue weighted by Crippen LogP contribution is -2.11. The predicted octanol–water partition coefficient (Wildman–Crippen LogP) is 17.5. The number of fused-ring (bicyclic) bond motifs is 14. The van der Waals surface area contributed by atoms with Crippen LogP contribution in [0.5, 0.6) is 11.5 Å². The first-order valence-corrected chi connectivity index (χ1v) is 21.9. The van der Waals surface area contributed by atoms with E-state index in [0.29, 0.717) is 0 Å². The molecule has 0 fully saturated rings. The van der Waals surface area contributed by atoms with Crippen molar-refractivity contribution in [2.75, 3.05) is 4.90 Å². The van der Waals surface area contributed by atoms with Crippen molar-refractivity contribution in [1.29, 1.82) is 0 Å². The van der Waals surface area contributed by atoms with Crippen LogP contribution >= 0.6 is 11.3 Å². The molecule has 1 aliphatic rings. The molecule has 2 aromatic heterocycles. The lowest BCUT2D eigenvalue weighted by atomic mass is 9.90. The van der Waals surface area contributed by atoms with E-state index in [9.17, 15) is 0 Å². The normalized spacial score (nSPS) is 12.3. The highest BCUT2D eigenvalue weighted by Crippen LogP contribution is 2.53. The quantitative estimate of drug-likeness (QED) is 0.166. The number of anilines is 3. The summed E-state index contributed by atoms with van der Waals surface area (Å²) in [4.78, 5) is 2.42. The van der Waals surface area contributed by atoms with Crippen molar-refractivity contribution in [1.82, 2.24) is 0 Å². The number of para-hydroxylation sites is 1. The molecule has 0 spiro atoms. The van der Waals surface area contributed by atoms with E-state index in [0.717, 1.165) is 83.5 Å². The summed E-state index contributed by atoms with van der Waals surface area (Å²) >= 11 is 1.84. The molecule has 0 bridgehead atoms. The molecule has 0 unspecified atom stereocenters. The van der Waals surface area contributed by atoms with E-state index in [-0.39, 0.29) is 0 Å². The minimum Gasteiger partial charge on any atom is -0.456 e. The molecule has 0 amide bonds. The summed E-state index contributed by atoms with van der Waals surface area (Å²) in [5, 5.41) is 14.6. The first-order chi connectivity index (χ1) is 30.7. The molecule has 1 aliphatic heterocycles. The van der Waals surface area contributed by atoms with Gasteiger partial charge in [0, 0.05) is 47.6 Å². The van der Waals surface area contributed by atoms with Gasteiger partial charge in [0.2, 0.25) is 0 Å². The zero-order chi connectivity index (χ0) is 40.5. The Morgan fingerprint density at radius 1 is 0.339 bits per heavy atom. The number of hydrogen-bond acceptors (Lipinski definition) is 4. The lowest BCUT2D eigenvalue weighted by molar-refractivity contribution is 0.487. The van der Waals surface area contributed by atoms with Crippen molar-refractivity contribution >= 4 is 114 Å². The van der Waals surface area contributed by atoms with Crippen LogP contribution in [0.15, 0.2) is 205 Å². The Morgan fingerprint density at radius 2 is 0.968 bits per heavy atom. The lowest BCUT2D eigenvalue weighted by Gasteiger charge is -2.30. The van der Waals surface area contributed by atoms with Crippen molar-refractivity contribution in [3.05, 3.63) is 200 Å². The highest BCUT2D eigenvalue weighted by Gasteiger charge is 2.27. The highest BCUT2D eigenvalue weighted by atomic mass is 32.1. The van der Waals surface area contributed by atoms with E-state index in [1.807, 2.05) is 17.4 Å². The molecule has 11 aromatic carbocycles. The van der Waals surface area contributed by atoms with Gasteiger partial charge in [0.25, 0.3) is 0 Å². The SMILES string of the molecule is c1ccc2c(c1)oc1cccc(N(c3ccc4c(c3)sc3ccccc34)c3ccc4c5c(cccc35)-c3ccc(-c5ccc6c7ccccc7c7ccccc7c6c5)cc3O4)c12. The summed E-state index contributed by atoms with van der Waals surface area (Å²) in [6, 6.07) is 72.5. The number of benzene rings is 11. The molecule has 14 rings (SSSR count). The number of furan rings is 1. The van der Waals surface area contributed by atoms with Gasteiger partial charge in [0.05, 0.1) is 16.8 Å². The maximum Gasteiger partial charge on any atom is 0.137 e. The Bertz CT molecular complexity index is 4010. The minimum atomic E-state index is 0.854. The molecule has 3 heterocycles. The second-order valence-corrected chi connectivity index (χ2v) is 17.4. The number of rotatable bonds is 4. The molecular weight excluding hydrogens is 775 g/mol. The molecule has 4 heteroatoms. The van der Waals surface area contributed by atoms with Crippen molar-refractivity contribution in [3.8, 4) is 33.8 Å². The summed E-state index contributed by atoms with van der Waals surface area (Å²) in [6.45, 7) is 0. The van der Waals surface area contributed by atoms with Gasteiger partial charge in [-0.15, -0.1) is 11.3 Å². The molecule has 0 saturated heterocycles. The van der Waals surface area contributed by atoms with Gasteiger partial charge in [-0.25, -0.2) is 0 Å². The number of nitrogens with zero attached hydrogens (tertiary/aromatic N) is 1. The van der Waals surface area contributed by atoms with E-state index in [2.05, 4.69) is 199 Å². The predicted molar refractivity (Wildman–Crippen MR) is 262 cm³/mol. The second-order valence-electron chi connectivity index (χ2n) is 16.3. The molecule has 62 heavy (non-hydrogen) atoms. The van der Waals surface area contributed by atoms with Crippen LogP contribution in [0.1, 0.15) is 0 Å². The van der Waals surface area contributed by atoms with Crippen LogP contribution in [0.3, 0.4) is 0 Å². The van der Waals surface area contributed by atoms with Gasteiger partial charge in [-0.05, 0) is 116 Å². The fraction of sp³-hybridized carbons (Fsp3) is 0. The van der Waals surface area contributed by atoms with E-state index in [4.69, 9.17) is 9.15 Å². The third kappa shape index (κ3) is 4.81.